The Balaban J connectivity index is 1.50. The van der Waals surface area contributed by atoms with Crippen LogP contribution in [0.3, 0.4) is 0 Å². The number of ether oxygens (including phenoxy) is 2. The van der Waals surface area contributed by atoms with Crippen molar-refractivity contribution >= 4 is 11.6 Å². The molecule has 1 saturated heterocycles. The van der Waals surface area contributed by atoms with E-state index in [-0.39, 0.29) is 5.69 Å². The van der Waals surface area contributed by atoms with Gasteiger partial charge in [-0.2, -0.15) is 0 Å². The van der Waals surface area contributed by atoms with Crippen molar-refractivity contribution in [1.29, 1.82) is 0 Å². The van der Waals surface area contributed by atoms with Crippen molar-refractivity contribution in [3.63, 3.8) is 0 Å². The topological polar surface area (TPSA) is 101 Å². The van der Waals surface area contributed by atoms with Crippen molar-refractivity contribution in [2.75, 3.05) is 52.5 Å². The zero-order valence-corrected chi connectivity index (χ0v) is 18.5. The Hall–Kier alpha value is -3.17. The van der Waals surface area contributed by atoms with Crippen LogP contribution in [0.2, 0.25) is 0 Å². The molecule has 1 heterocycles. The van der Waals surface area contributed by atoms with Crippen LogP contribution in [0.5, 0.6) is 5.75 Å². The second-order valence-electron chi connectivity index (χ2n) is 7.56. The van der Waals surface area contributed by atoms with Gasteiger partial charge in [-0.3, -0.25) is 15.0 Å². The van der Waals surface area contributed by atoms with E-state index in [1.54, 1.807) is 12.1 Å². The Morgan fingerprint density at radius 3 is 2.47 bits per heavy atom. The Kier molecular flexibility index (Phi) is 9.27. The number of morpholine rings is 1. The Bertz CT molecular complexity index is 865. The highest BCUT2D eigenvalue weighted by molar-refractivity contribution is 5.79. The SMILES string of the molecule is Cc1ccc(OCCNC(=NCc2ccc([N+](=O)[O-])cc2)NCCN2CCOCC2)cc1. The molecular weight excluding hydrogens is 410 g/mol. The van der Waals surface area contributed by atoms with Crippen molar-refractivity contribution in [1.82, 2.24) is 15.5 Å². The van der Waals surface area contributed by atoms with E-state index in [2.05, 4.69) is 20.5 Å². The van der Waals surface area contributed by atoms with Gasteiger partial charge in [0.2, 0.25) is 0 Å². The maximum absolute atomic E-state index is 10.8. The third-order valence-corrected chi connectivity index (χ3v) is 5.08. The smallest absolute Gasteiger partial charge is 0.269 e. The molecule has 1 aliphatic heterocycles. The summed E-state index contributed by atoms with van der Waals surface area (Å²) in [6, 6.07) is 14.4. The van der Waals surface area contributed by atoms with E-state index in [0.717, 1.165) is 50.7 Å². The van der Waals surface area contributed by atoms with E-state index in [1.807, 2.05) is 31.2 Å². The van der Waals surface area contributed by atoms with Crippen LogP contribution in [0.25, 0.3) is 0 Å². The van der Waals surface area contributed by atoms with Crippen molar-refractivity contribution < 1.29 is 14.4 Å². The average molecular weight is 442 g/mol. The molecule has 1 fully saturated rings. The highest BCUT2D eigenvalue weighted by Crippen LogP contribution is 2.12. The fraction of sp³-hybridized carbons (Fsp3) is 0.435. The molecule has 9 nitrogen and oxygen atoms in total. The van der Waals surface area contributed by atoms with Gasteiger partial charge in [-0.05, 0) is 24.6 Å². The molecule has 172 valence electrons. The van der Waals surface area contributed by atoms with Crippen LogP contribution in [0.4, 0.5) is 5.69 Å². The maximum atomic E-state index is 10.8. The predicted molar refractivity (Wildman–Crippen MR) is 124 cm³/mol. The van der Waals surface area contributed by atoms with Gasteiger partial charge >= 0.3 is 0 Å². The van der Waals surface area contributed by atoms with Crippen LogP contribution < -0.4 is 15.4 Å². The summed E-state index contributed by atoms with van der Waals surface area (Å²) in [4.78, 5) is 17.4. The molecule has 0 aliphatic carbocycles. The van der Waals surface area contributed by atoms with Crippen molar-refractivity contribution in [2.45, 2.75) is 13.5 Å². The second-order valence-corrected chi connectivity index (χ2v) is 7.56. The maximum Gasteiger partial charge on any atom is 0.269 e. The van der Waals surface area contributed by atoms with Gasteiger partial charge in [0.05, 0.1) is 31.2 Å². The minimum absolute atomic E-state index is 0.0768. The van der Waals surface area contributed by atoms with Gasteiger partial charge in [0, 0.05) is 38.3 Å². The lowest BCUT2D eigenvalue weighted by atomic mass is 10.2. The lowest BCUT2D eigenvalue weighted by Gasteiger charge is -2.26. The lowest BCUT2D eigenvalue weighted by Crippen LogP contribution is -2.45. The summed E-state index contributed by atoms with van der Waals surface area (Å²) in [6.45, 7) is 8.65. The summed E-state index contributed by atoms with van der Waals surface area (Å²) in [6.07, 6.45) is 0. The molecular formula is C23H31N5O4. The molecule has 0 spiro atoms. The first-order valence-corrected chi connectivity index (χ1v) is 10.9. The number of rotatable bonds is 10. The number of hydrogen-bond acceptors (Lipinski definition) is 6. The van der Waals surface area contributed by atoms with Gasteiger partial charge < -0.3 is 20.1 Å². The molecule has 2 aromatic rings. The van der Waals surface area contributed by atoms with Gasteiger partial charge in [0.25, 0.3) is 5.69 Å². The summed E-state index contributed by atoms with van der Waals surface area (Å²) in [5.74, 6) is 1.52. The van der Waals surface area contributed by atoms with Gasteiger partial charge in [0.15, 0.2) is 5.96 Å². The van der Waals surface area contributed by atoms with Gasteiger partial charge in [-0.25, -0.2) is 4.99 Å². The van der Waals surface area contributed by atoms with Crippen LogP contribution in [0.15, 0.2) is 53.5 Å². The number of hydrogen-bond donors (Lipinski definition) is 2. The number of nitro benzene ring substituents is 1. The fourth-order valence-corrected chi connectivity index (χ4v) is 3.20. The number of non-ortho nitro benzene ring substituents is 1. The molecule has 0 radical (unpaired) electrons. The molecule has 0 atom stereocenters. The number of aryl methyl sites for hydroxylation is 1. The van der Waals surface area contributed by atoms with Crippen LogP contribution >= 0.6 is 0 Å². The van der Waals surface area contributed by atoms with E-state index in [0.29, 0.717) is 25.7 Å². The first kappa shape index (κ1) is 23.5. The molecule has 0 unspecified atom stereocenters. The van der Waals surface area contributed by atoms with Crippen LogP contribution in [-0.4, -0.2) is 68.3 Å². The molecule has 0 amide bonds. The number of nitrogens with zero attached hydrogens (tertiary/aromatic N) is 3. The van der Waals surface area contributed by atoms with E-state index < -0.39 is 4.92 Å². The van der Waals surface area contributed by atoms with Crippen LogP contribution in [0.1, 0.15) is 11.1 Å². The first-order chi connectivity index (χ1) is 15.6. The summed E-state index contributed by atoms with van der Waals surface area (Å²) < 4.78 is 11.2. The molecule has 2 N–H and O–H groups in total. The van der Waals surface area contributed by atoms with Gasteiger partial charge in [-0.1, -0.05) is 29.8 Å². The minimum atomic E-state index is -0.402. The minimum Gasteiger partial charge on any atom is -0.492 e. The summed E-state index contributed by atoms with van der Waals surface area (Å²) in [7, 11) is 0. The lowest BCUT2D eigenvalue weighted by molar-refractivity contribution is -0.384. The van der Waals surface area contributed by atoms with E-state index >= 15 is 0 Å². The van der Waals surface area contributed by atoms with Crippen molar-refractivity contribution in [3.05, 3.63) is 69.8 Å². The second kappa shape index (κ2) is 12.6. The van der Waals surface area contributed by atoms with Gasteiger partial charge in [-0.15, -0.1) is 0 Å². The Morgan fingerprint density at radius 2 is 1.78 bits per heavy atom. The molecule has 1 aliphatic rings. The predicted octanol–water partition coefficient (Wildman–Crippen LogP) is 2.35. The first-order valence-electron chi connectivity index (χ1n) is 10.9. The van der Waals surface area contributed by atoms with E-state index in [1.165, 1.54) is 17.7 Å². The third kappa shape index (κ3) is 8.16. The molecule has 0 bridgehead atoms. The standard InChI is InChI=1S/C23H31N5O4/c1-19-2-8-22(9-3-19)32-15-11-25-23(24-10-12-27-13-16-31-17-14-27)26-18-20-4-6-21(7-5-20)28(29)30/h2-9H,10-18H2,1H3,(H2,24,25,26). The van der Waals surface area contributed by atoms with Gasteiger partial charge in [0.1, 0.15) is 12.4 Å². The van der Waals surface area contributed by atoms with E-state index in [4.69, 9.17) is 9.47 Å². The number of guanidine groups is 1. The van der Waals surface area contributed by atoms with Crippen molar-refractivity contribution in [2.24, 2.45) is 4.99 Å². The fourth-order valence-electron chi connectivity index (χ4n) is 3.20. The Labute approximate surface area is 188 Å². The summed E-state index contributed by atoms with van der Waals surface area (Å²) in [5, 5.41) is 17.5. The number of aliphatic imine (C=N–C) groups is 1. The molecule has 0 saturated carbocycles. The largest absolute Gasteiger partial charge is 0.492 e. The molecule has 0 aromatic heterocycles. The van der Waals surface area contributed by atoms with Crippen LogP contribution in [0, 0.1) is 17.0 Å². The number of benzene rings is 2. The monoisotopic (exact) mass is 441 g/mol. The molecule has 2 aromatic carbocycles. The van der Waals surface area contributed by atoms with Crippen molar-refractivity contribution in [3.8, 4) is 5.75 Å². The third-order valence-electron chi connectivity index (χ3n) is 5.08. The Morgan fingerprint density at radius 1 is 1.09 bits per heavy atom. The van der Waals surface area contributed by atoms with Crippen LogP contribution in [-0.2, 0) is 11.3 Å². The number of nitro groups is 1. The normalized spacial score (nSPS) is 14.7. The quantitative estimate of drug-likeness (QED) is 0.192. The zero-order valence-electron chi connectivity index (χ0n) is 18.5. The highest BCUT2D eigenvalue weighted by Gasteiger charge is 2.10. The summed E-state index contributed by atoms with van der Waals surface area (Å²) in [5.41, 5.74) is 2.18. The summed E-state index contributed by atoms with van der Waals surface area (Å²) >= 11 is 0. The average Bonchev–Trinajstić information content (AvgIpc) is 2.82. The number of nitrogens with one attached hydrogen (secondary N) is 2. The van der Waals surface area contributed by atoms with E-state index in [9.17, 15) is 10.1 Å². The molecule has 3 rings (SSSR count). The molecule has 9 heteroatoms. The molecule has 32 heavy (non-hydrogen) atoms. The highest BCUT2D eigenvalue weighted by atomic mass is 16.6. The zero-order chi connectivity index (χ0) is 22.6.